The molecule has 1 aromatic heterocycles. The van der Waals surface area contributed by atoms with Crippen molar-refractivity contribution in [3.05, 3.63) is 64.8 Å². The van der Waals surface area contributed by atoms with Crippen molar-refractivity contribution in [1.29, 1.82) is 0 Å². The minimum absolute atomic E-state index is 0.131. The number of ether oxygens (including phenoxy) is 1. The van der Waals surface area contributed by atoms with Gasteiger partial charge in [-0.25, -0.2) is 4.72 Å². The molecule has 3 aromatic rings. The minimum Gasteiger partial charge on any atom is -0.497 e. The zero-order valence-electron chi connectivity index (χ0n) is 15.7. The highest BCUT2D eigenvalue weighted by atomic mass is 35.5. The summed E-state index contributed by atoms with van der Waals surface area (Å²) in [5.74, 6) is -1.52. The average molecular weight is 475 g/mol. The smallest absolute Gasteiger partial charge is 0.497 e. The number of rotatable bonds is 5. The lowest BCUT2D eigenvalue weighted by atomic mass is 10.1. The van der Waals surface area contributed by atoms with Gasteiger partial charge in [0.2, 0.25) is 5.91 Å². The van der Waals surface area contributed by atoms with E-state index in [1.165, 1.54) is 54.3 Å². The molecule has 0 aliphatic heterocycles. The van der Waals surface area contributed by atoms with E-state index in [1.54, 1.807) is 6.07 Å². The third kappa shape index (κ3) is 4.67. The van der Waals surface area contributed by atoms with Gasteiger partial charge in [-0.15, -0.1) is 0 Å². The molecule has 0 radical (unpaired) electrons. The van der Waals surface area contributed by atoms with E-state index in [0.717, 1.165) is 4.72 Å². The second-order valence-electron chi connectivity index (χ2n) is 6.37. The molecule has 1 heterocycles. The molecule has 0 aliphatic carbocycles. The maximum Gasteiger partial charge on any atom is 0.516 e. The number of hydrogen-bond acceptors (Lipinski definition) is 5. The fraction of sp³-hybridized carbons (Fsp3) is 0.158. The lowest BCUT2D eigenvalue weighted by Gasteiger charge is -2.09. The van der Waals surface area contributed by atoms with Crippen LogP contribution in [-0.2, 0) is 21.2 Å². The van der Waals surface area contributed by atoms with Crippen LogP contribution in [0.15, 0.2) is 48.7 Å². The third-order valence-corrected chi connectivity index (χ3v) is 5.67. The highest BCUT2D eigenvalue weighted by Gasteiger charge is 2.47. The number of carbonyl (C=O) groups excluding carboxylic acids is 2. The number of carbonyl (C=O) groups is 2. The molecule has 0 aliphatic rings. The Morgan fingerprint density at radius 3 is 2.35 bits per heavy atom. The summed E-state index contributed by atoms with van der Waals surface area (Å²) in [6.45, 7) is 0. The zero-order chi connectivity index (χ0) is 23.0. The number of sulfonamides is 1. The first kappa shape index (κ1) is 22.6. The first-order chi connectivity index (χ1) is 14.4. The van der Waals surface area contributed by atoms with Crippen molar-refractivity contribution in [2.45, 2.75) is 11.9 Å². The van der Waals surface area contributed by atoms with Crippen LogP contribution in [0.3, 0.4) is 0 Å². The van der Waals surface area contributed by atoms with Crippen LogP contribution in [0.2, 0.25) is 5.02 Å². The van der Waals surface area contributed by atoms with Crippen LogP contribution >= 0.6 is 11.6 Å². The van der Waals surface area contributed by atoms with Crippen LogP contribution in [0.25, 0.3) is 10.9 Å². The minimum atomic E-state index is -5.85. The van der Waals surface area contributed by atoms with Gasteiger partial charge in [0.1, 0.15) is 5.75 Å². The average Bonchev–Trinajstić information content (AvgIpc) is 3.04. The summed E-state index contributed by atoms with van der Waals surface area (Å²) < 4.78 is 67.3. The monoisotopic (exact) mass is 474 g/mol. The fourth-order valence-corrected chi connectivity index (χ4v) is 3.48. The molecule has 31 heavy (non-hydrogen) atoms. The summed E-state index contributed by atoms with van der Waals surface area (Å²) in [4.78, 5) is 25.0. The third-order valence-electron chi connectivity index (χ3n) is 4.31. The standard InChI is InChI=1S/C19H14ClF3N2O5S/c1-30-14-6-7-16-15(9-14)12(8-17(26)24-31(28,29)19(21,22)23)10-25(16)18(27)11-2-4-13(20)5-3-11/h2-7,9-10H,8H2,1H3,(H,24,26). The summed E-state index contributed by atoms with van der Waals surface area (Å²) in [5.41, 5.74) is -4.88. The molecule has 3 rings (SSSR count). The van der Waals surface area contributed by atoms with Crippen molar-refractivity contribution in [1.82, 2.24) is 9.29 Å². The topological polar surface area (TPSA) is 94.5 Å². The molecule has 0 spiro atoms. The van der Waals surface area contributed by atoms with Crippen molar-refractivity contribution < 1.29 is 35.9 Å². The molecular weight excluding hydrogens is 461 g/mol. The SMILES string of the molecule is COc1ccc2c(c1)c(CC(=O)NS(=O)(=O)C(F)(F)F)cn2C(=O)c1ccc(Cl)cc1. The summed E-state index contributed by atoms with van der Waals surface area (Å²) >= 11 is 5.83. The predicted molar refractivity (Wildman–Crippen MR) is 106 cm³/mol. The summed E-state index contributed by atoms with van der Waals surface area (Å²) in [6, 6.07) is 10.6. The van der Waals surface area contributed by atoms with Gasteiger partial charge < -0.3 is 4.74 Å². The first-order valence-electron chi connectivity index (χ1n) is 8.53. The number of methoxy groups -OCH3 is 1. The van der Waals surface area contributed by atoms with Gasteiger partial charge in [0, 0.05) is 22.2 Å². The number of alkyl halides is 3. The molecule has 0 unspecified atom stereocenters. The Bertz CT molecular complexity index is 1270. The molecule has 0 saturated carbocycles. The van der Waals surface area contributed by atoms with Gasteiger partial charge in [0.15, 0.2) is 0 Å². The van der Waals surface area contributed by atoms with Crippen molar-refractivity contribution in [2.75, 3.05) is 7.11 Å². The van der Waals surface area contributed by atoms with Gasteiger partial charge in [-0.1, -0.05) is 11.6 Å². The molecule has 1 amide bonds. The molecule has 164 valence electrons. The lowest BCUT2D eigenvalue weighted by molar-refractivity contribution is -0.119. The molecule has 12 heteroatoms. The number of nitrogens with one attached hydrogen (secondary N) is 1. The quantitative estimate of drug-likeness (QED) is 0.611. The zero-order valence-corrected chi connectivity index (χ0v) is 17.3. The maximum atomic E-state index is 12.9. The molecule has 0 saturated heterocycles. The van der Waals surface area contributed by atoms with E-state index in [-0.39, 0.29) is 11.1 Å². The largest absolute Gasteiger partial charge is 0.516 e. The molecule has 0 bridgehead atoms. The van der Waals surface area contributed by atoms with Crippen molar-refractivity contribution in [3.63, 3.8) is 0 Å². The van der Waals surface area contributed by atoms with Crippen LogP contribution < -0.4 is 9.46 Å². The number of amides is 1. The highest BCUT2D eigenvalue weighted by molar-refractivity contribution is 7.90. The molecular formula is C19H14ClF3N2O5S. The van der Waals surface area contributed by atoms with E-state index < -0.39 is 33.8 Å². The van der Waals surface area contributed by atoms with Crippen LogP contribution in [0.4, 0.5) is 13.2 Å². The van der Waals surface area contributed by atoms with Gasteiger partial charge in [0.05, 0.1) is 19.0 Å². The highest BCUT2D eigenvalue weighted by Crippen LogP contribution is 2.28. The Labute approximate surface area is 179 Å². The van der Waals surface area contributed by atoms with E-state index in [1.807, 2.05) is 0 Å². The molecule has 2 aromatic carbocycles. The van der Waals surface area contributed by atoms with Crippen molar-refractivity contribution in [2.24, 2.45) is 0 Å². The van der Waals surface area contributed by atoms with Crippen LogP contribution in [0.1, 0.15) is 15.9 Å². The second-order valence-corrected chi connectivity index (χ2v) is 8.48. The molecule has 1 N–H and O–H groups in total. The van der Waals surface area contributed by atoms with Gasteiger partial charge in [-0.2, -0.15) is 21.6 Å². The van der Waals surface area contributed by atoms with Gasteiger partial charge >= 0.3 is 15.5 Å². The van der Waals surface area contributed by atoms with Crippen molar-refractivity contribution >= 4 is 44.3 Å². The van der Waals surface area contributed by atoms with E-state index in [0.29, 0.717) is 21.7 Å². The first-order valence-corrected chi connectivity index (χ1v) is 10.4. The number of fused-ring (bicyclic) bond motifs is 1. The fourth-order valence-electron chi connectivity index (χ4n) is 2.86. The molecule has 0 atom stereocenters. The molecule has 0 fully saturated rings. The van der Waals surface area contributed by atoms with Gasteiger partial charge in [-0.05, 0) is 48.0 Å². The van der Waals surface area contributed by atoms with E-state index in [9.17, 15) is 31.2 Å². The van der Waals surface area contributed by atoms with Crippen LogP contribution in [-0.4, -0.2) is 37.4 Å². The summed E-state index contributed by atoms with van der Waals surface area (Å²) in [5, 5.41) is 0.753. The number of nitrogens with zero attached hydrogens (tertiary/aromatic N) is 1. The summed E-state index contributed by atoms with van der Waals surface area (Å²) in [6.07, 6.45) is 0.542. The van der Waals surface area contributed by atoms with Crippen LogP contribution in [0.5, 0.6) is 5.75 Å². The van der Waals surface area contributed by atoms with E-state index in [2.05, 4.69) is 0 Å². The Hall–Kier alpha value is -3.05. The molecule has 7 nitrogen and oxygen atoms in total. The van der Waals surface area contributed by atoms with E-state index in [4.69, 9.17) is 16.3 Å². The number of aromatic nitrogens is 1. The summed E-state index contributed by atoms with van der Waals surface area (Å²) in [7, 11) is -4.46. The van der Waals surface area contributed by atoms with E-state index >= 15 is 0 Å². The van der Waals surface area contributed by atoms with Gasteiger partial charge in [-0.3, -0.25) is 14.2 Å². The normalized spacial score (nSPS) is 12.0. The van der Waals surface area contributed by atoms with Crippen molar-refractivity contribution in [3.8, 4) is 5.75 Å². The lowest BCUT2D eigenvalue weighted by Crippen LogP contribution is -2.40. The number of benzene rings is 2. The number of halogens is 4. The number of hydrogen-bond donors (Lipinski definition) is 1. The Morgan fingerprint density at radius 2 is 1.77 bits per heavy atom. The predicted octanol–water partition coefficient (Wildman–Crippen LogP) is 3.50. The second kappa shape index (κ2) is 8.23. The van der Waals surface area contributed by atoms with Crippen LogP contribution in [0, 0.1) is 0 Å². The van der Waals surface area contributed by atoms with Gasteiger partial charge in [0.25, 0.3) is 5.91 Å². The Kier molecular flexibility index (Phi) is 6.01. The Morgan fingerprint density at radius 1 is 1.13 bits per heavy atom. The maximum absolute atomic E-state index is 12.9. The Balaban J connectivity index is 2.02.